The van der Waals surface area contributed by atoms with Gasteiger partial charge in [-0.3, -0.25) is 0 Å². The van der Waals surface area contributed by atoms with E-state index in [0.29, 0.717) is 18.0 Å². The molecule has 6 heteroatoms. The standard InChI is InChI=1S/C10H12BrNO2S.C4H9N/c11-9-3-5-10(6-4-9)15(13,14)12-7-1-2-8-12;1-2-4-5-3-1/h3-6H,1-2,7-8H2;5H,1-4H2. The minimum absolute atomic E-state index is 0.382. The molecule has 112 valence electrons. The number of halogens is 1. The van der Waals surface area contributed by atoms with Gasteiger partial charge in [0, 0.05) is 17.6 Å². The molecule has 0 bridgehead atoms. The summed E-state index contributed by atoms with van der Waals surface area (Å²) in [6.45, 7) is 3.80. The number of benzene rings is 1. The summed E-state index contributed by atoms with van der Waals surface area (Å²) in [5.74, 6) is 0. The molecule has 20 heavy (non-hydrogen) atoms. The minimum atomic E-state index is -3.24. The van der Waals surface area contributed by atoms with Crippen LogP contribution in [0, 0.1) is 0 Å². The molecule has 3 rings (SSSR count). The van der Waals surface area contributed by atoms with Crippen LogP contribution in [0.3, 0.4) is 0 Å². The van der Waals surface area contributed by atoms with Gasteiger partial charge in [-0.15, -0.1) is 0 Å². The van der Waals surface area contributed by atoms with Gasteiger partial charge in [0.05, 0.1) is 4.90 Å². The van der Waals surface area contributed by atoms with E-state index >= 15 is 0 Å². The van der Waals surface area contributed by atoms with Crippen molar-refractivity contribution in [2.75, 3.05) is 26.2 Å². The largest absolute Gasteiger partial charge is 0.317 e. The first-order valence-corrected chi connectivity index (χ1v) is 9.30. The molecule has 1 aromatic carbocycles. The summed E-state index contributed by atoms with van der Waals surface area (Å²) in [5, 5.41) is 3.22. The Morgan fingerprint density at radius 3 is 1.95 bits per heavy atom. The number of sulfonamides is 1. The average molecular weight is 361 g/mol. The van der Waals surface area contributed by atoms with Gasteiger partial charge in [0.25, 0.3) is 0 Å². The van der Waals surface area contributed by atoms with Gasteiger partial charge in [-0.2, -0.15) is 4.31 Å². The van der Waals surface area contributed by atoms with Crippen LogP contribution < -0.4 is 5.32 Å². The highest BCUT2D eigenvalue weighted by Gasteiger charge is 2.26. The Kier molecular flexibility index (Phi) is 6.01. The van der Waals surface area contributed by atoms with E-state index in [1.807, 2.05) is 0 Å². The lowest BCUT2D eigenvalue weighted by Gasteiger charge is -2.15. The van der Waals surface area contributed by atoms with Crippen LogP contribution in [0.2, 0.25) is 0 Å². The fraction of sp³-hybridized carbons (Fsp3) is 0.571. The van der Waals surface area contributed by atoms with Gasteiger partial charge in [-0.1, -0.05) is 15.9 Å². The van der Waals surface area contributed by atoms with E-state index in [2.05, 4.69) is 21.2 Å². The van der Waals surface area contributed by atoms with Gasteiger partial charge in [-0.05, 0) is 63.0 Å². The predicted octanol–water partition coefficient (Wildman–Crippen LogP) is 2.60. The zero-order valence-corrected chi connectivity index (χ0v) is 13.9. The van der Waals surface area contributed by atoms with Crippen LogP contribution in [0.5, 0.6) is 0 Å². The van der Waals surface area contributed by atoms with Crippen LogP contribution in [-0.2, 0) is 10.0 Å². The molecule has 0 unspecified atom stereocenters. The Bertz CT molecular complexity index is 499. The second-order valence-corrected chi connectivity index (χ2v) is 7.88. The van der Waals surface area contributed by atoms with E-state index in [1.165, 1.54) is 25.9 Å². The van der Waals surface area contributed by atoms with Crippen molar-refractivity contribution in [1.29, 1.82) is 0 Å². The monoisotopic (exact) mass is 360 g/mol. The predicted molar refractivity (Wildman–Crippen MR) is 84.2 cm³/mol. The van der Waals surface area contributed by atoms with Crippen molar-refractivity contribution in [3.8, 4) is 0 Å². The molecule has 0 aliphatic carbocycles. The summed E-state index contributed by atoms with van der Waals surface area (Å²) >= 11 is 3.29. The fourth-order valence-electron chi connectivity index (χ4n) is 2.31. The second-order valence-electron chi connectivity index (χ2n) is 5.02. The molecule has 2 aliphatic rings. The molecule has 1 aromatic rings. The van der Waals surface area contributed by atoms with Gasteiger partial charge in [0.2, 0.25) is 10.0 Å². The molecular formula is C14H21BrN2O2S. The summed E-state index contributed by atoms with van der Waals surface area (Å²) in [5.41, 5.74) is 0. The SMILES string of the molecule is C1CCNC1.O=S(=O)(c1ccc(Br)cc1)N1CCCC1. The highest BCUT2D eigenvalue weighted by molar-refractivity contribution is 9.10. The quantitative estimate of drug-likeness (QED) is 0.881. The normalized spacial score (nSPS) is 19.6. The molecule has 2 aliphatic heterocycles. The van der Waals surface area contributed by atoms with Crippen molar-refractivity contribution in [1.82, 2.24) is 9.62 Å². The average Bonchev–Trinajstić information content (AvgIpc) is 3.16. The molecule has 2 fully saturated rings. The topological polar surface area (TPSA) is 49.4 Å². The van der Waals surface area contributed by atoms with Gasteiger partial charge in [-0.25, -0.2) is 8.42 Å². The Balaban J connectivity index is 0.000000247. The Labute approximate surface area is 129 Å². The third-order valence-corrected chi connectivity index (χ3v) is 5.92. The number of hydrogen-bond acceptors (Lipinski definition) is 3. The third kappa shape index (κ3) is 4.28. The van der Waals surface area contributed by atoms with Crippen molar-refractivity contribution in [2.45, 2.75) is 30.6 Å². The molecule has 0 spiro atoms. The maximum absolute atomic E-state index is 12.1. The van der Waals surface area contributed by atoms with Gasteiger partial charge in [0.1, 0.15) is 0 Å². The van der Waals surface area contributed by atoms with E-state index < -0.39 is 10.0 Å². The summed E-state index contributed by atoms with van der Waals surface area (Å²) in [4.78, 5) is 0.382. The van der Waals surface area contributed by atoms with Crippen LogP contribution in [0.1, 0.15) is 25.7 Å². The first kappa shape index (κ1) is 15.9. The molecule has 0 amide bonds. The van der Waals surface area contributed by atoms with Crippen LogP contribution in [-0.4, -0.2) is 38.9 Å². The molecule has 4 nitrogen and oxygen atoms in total. The maximum Gasteiger partial charge on any atom is 0.243 e. The molecule has 2 heterocycles. The summed E-state index contributed by atoms with van der Waals surface area (Å²) in [6.07, 6.45) is 4.71. The van der Waals surface area contributed by atoms with Crippen molar-refractivity contribution < 1.29 is 8.42 Å². The van der Waals surface area contributed by atoms with Crippen molar-refractivity contribution in [3.63, 3.8) is 0 Å². The van der Waals surface area contributed by atoms with Crippen molar-refractivity contribution in [3.05, 3.63) is 28.7 Å². The van der Waals surface area contributed by atoms with E-state index in [9.17, 15) is 8.42 Å². The second kappa shape index (κ2) is 7.54. The van der Waals surface area contributed by atoms with Crippen LogP contribution in [0.15, 0.2) is 33.6 Å². The van der Waals surface area contributed by atoms with Crippen LogP contribution in [0.4, 0.5) is 0 Å². The van der Waals surface area contributed by atoms with Crippen LogP contribution in [0.25, 0.3) is 0 Å². The van der Waals surface area contributed by atoms with E-state index in [0.717, 1.165) is 17.3 Å². The lowest BCUT2D eigenvalue weighted by atomic mass is 10.4. The molecule has 0 saturated carbocycles. The summed E-state index contributed by atoms with van der Waals surface area (Å²) in [6, 6.07) is 6.78. The van der Waals surface area contributed by atoms with Gasteiger partial charge < -0.3 is 5.32 Å². The first-order chi connectivity index (χ1) is 9.60. The number of nitrogens with zero attached hydrogens (tertiary/aromatic N) is 1. The smallest absolute Gasteiger partial charge is 0.243 e. The van der Waals surface area contributed by atoms with E-state index in [1.54, 1.807) is 28.6 Å². The van der Waals surface area contributed by atoms with Crippen molar-refractivity contribution >= 4 is 26.0 Å². The Hall–Kier alpha value is -0.430. The van der Waals surface area contributed by atoms with Crippen molar-refractivity contribution in [2.24, 2.45) is 0 Å². The molecule has 0 aromatic heterocycles. The first-order valence-electron chi connectivity index (χ1n) is 7.07. The molecule has 0 atom stereocenters. The third-order valence-electron chi connectivity index (χ3n) is 3.47. The molecule has 2 saturated heterocycles. The van der Waals surface area contributed by atoms with E-state index in [-0.39, 0.29) is 0 Å². The zero-order valence-electron chi connectivity index (χ0n) is 11.5. The summed E-state index contributed by atoms with van der Waals surface area (Å²) < 4.78 is 26.6. The van der Waals surface area contributed by atoms with Gasteiger partial charge in [0.15, 0.2) is 0 Å². The Morgan fingerprint density at radius 1 is 0.950 bits per heavy atom. The lowest BCUT2D eigenvalue weighted by molar-refractivity contribution is 0.477. The minimum Gasteiger partial charge on any atom is -0.317 e. The summed E-state index contributed by atoms with van der Waals surface area (Å²) in [7, 11) is -3.24. The van der Waals surface area contributed by atoms with Gasteiger partial charge >= 0.3 is 0 Å². The number of hydrogen-bond donors (Lipinski definition) is 1. The lowest BCUT2D eigenvalue weighted by Crippen LogP contribution is -2.27. The van der Waals surface area contributed by atoms with E-state index in [4.69, 9.17) is 0 Å². The number of nitrogens with one attached hydrogen (secondary N) is 1. The zero-order chi connectivity index (χ0) is 14.4. The molecule has 0 radical (unpaired) electrons. The Morgan fingerprint density at radius 2 is 1.50 bits per heavy atom. The fourth-order valence-corrected chi connectivity index (χ4v) is 4.09. The number of rotatable bonds is 2. The maximum atomic E-state index is 12.1. The highest BCUT2D eigenvalue weighted by Crippen LogP contribution is 2.22. The highest BCUT2D eigenvalue weighted by atomic mass is 79.9. The molecular weight excluding hydrogens is 340 g/mol. The van der Waals surface area contributed by atoms with Crippen LogP contribution >= 0.6 is 15.9 Å². The molecule has 1 N–H and O–H groups in total.